The lowest BCUT2D eigenvalue weighted by molar-refractivity contribution is -0.133. The van der Waals surface area contributed by atoms with Crippen LogP contribution in [0.4, 0.5) is 4.39 Å². The van der Waals surface area contributed by atoms with E-state index >= 15 is 0 Å². The fraction of sp³-hybridized carbons (Fsp3) is 0.619. The molecule has 1 saturated heterocycles. The van der Waals surface area contributed by atoms with E-state index in [0.717, 1.165) is 38.9 Å². The first-order chi connectivity index (χ1) is 13.9. The average molecular weight is 535 g/mol. The molecule has 1 aliphatic heterocycles. The van der Waals surface area contributed by atoms with Crippen molar-refractivity contribution in [2.75, 3.05) is 47.3 Å². The van der Waals surface area contributed by atoms with Gasteiger partial charge < -0.3 is 20.3 Å². The van der Waals surface area contributed by atoms with Crippen LogP contribution in [0.5, 0.6) is 5.75 Å². The highest BCUT2D eigenvalue weighted by Crippen LogP contribution is 2.19. The Morgan fingerprint density at radius 1 is 1.37 bits per heavy atom. The third-order valence-corrected chi connectivity index (χ3v) is 4.95. The Bertz CT molecular complexity index is 689. The number of carbonyl (C=O) groups excluding carboxylic acids is 1. The van der Waals surface area contributed by atoms with Gasteiger partial charge in [-0.05, 0) is 44.9 Å². The molecule has 7 nitrogen and oxygen atoms in total. The van der Waals surface area contributed by atoms with E-state index in [1.54, 1.807) is 30.1 Å². The van der Waals surface area contributed by atoms with Crippen molar-refractivity contribution in [3.63, 3.8) is 0 Å². The number of likely N-dealkylation sites (tertiary alicyclic amines) is 1. The molecule has 0 saturated carbocycles. The largest absolute Gasteiger partial charge is 0.486 e. The zero-order valence-electron chi connectivity index (χ0n) is 18.4. The molecule has 1 heterocycles. The number of nitrogens with zero attached hydrogens (tertiary/aromatic N) is 3. The van der Waals surface area contributed by atoms with Crippen LogP contribution in [-0.4, -0.2) is 81.1 Å². The molecule has 2 N–H and O–H groups in total. The highest BCUT2D eigenvalue weighted by molar-refractivity contribution is 14.0. The Morgan fingerprint density at radius 2 is 2.10 bits per heavy atom. The van der Waals surface area contributed by atoms with Crippen LogP contribution >= 0.6 is 24.0 Å². The van der Waals surface area contributed by atoms with E-state index in [4.69, 9.17) is 4.74 Å². The molecular weight excluding hydrogens is 500 g/mol. The minimum absolute atomic E-state index is 0. The van der Waals surface area contributed by atoms with Gasteiger partial charge >= 0.3 is 0 Å². The zero-order valence-corrected chi connectivity index (χ0v) is 20.7. The Morgan fingerprint density at radius 3 is 2.77 bits per heavy atom. The van der Waals surface area contributed by atoms with Crippen molar-refractivity contribution in [1.82, 2.24) is 20.4 Å². The van der Waals surface area contributed by atoms with E-state index < -0.39 is 0 Å². The fourth-order valence-electron chi connectivity index (χ4n) is 3.42. The third-order valence-electron chi connectivity index (χ3n) is 4.95. The topological polar surface area (TPSA) is 69.2 Å². The number of halogens is 2. The standard InChI is InChI=1S/C21H34FN5O2.HI/c1-16(29-19-11-6-5-9-17(19)22)15-25-21(23-2)24-12-8-14-27-13-7-10-18(27)20(28)26(3)4;/h5-6,9,11,16,18H,7-8,10,12-15H2,1-4H3,(H2,23,24,25);1H. The number of hydrogen-bond acceptors (Lipinski definition) is 4. The molecule has 1 aliphatic rings. The van der Waals surface area contributed by atoms with Gasteiger partial charge in [0.05, 0.1) is 12.6 Å². The van der Waals surface area contributed by atoms with Crippen molar-refractivity contribution in [3.8, 4) is 5.75 Å². The van der Waals surface area contributed by atoms with Gasteiger partial charge in [-0.15, -0.1) is 24.0 Å². The smallest absolute Gasteiger partial charge is 0.239 e. The molecule has 1 fully saturated rings. The first-order valence-corrected chi connectivity index (χ1v) is 10.2. The van der Waals surface area contributed by atoms with Gasteiger partial charge in [-0.3, -0.25) is 14.7 Å². The summed E-state index contributed by atoms with van der Waals surface area (Å²) in [5.41, 5.74) is 0. The van der Waals surface area contributed by atoms with Crippen LogP contribution in [0.15, 0.2) is 29.3 Å². The summed E-state index contributed by atoms with van der Waals surface area (Å²) in [5.74, 6) is 0.750. The second kappa shape index (κ2) is 13.6. The van der Waals surface area contributed by atoms with Gasteiger partial charge in [0.1, 0.15) is 6.10 Å². The summed E-state index contributed by atoms with van der Waals surface area (Å²) in [6.07, 6.45) is 2.71. The number of para-hydroxylation sites is 1. The molecule has 2 unspecified atom stereocenters. The number of amides is 1. The molecule has 170 valence electrons. The number of guanidine groups is 1. The lowest BCUT2D eigenvalue weighted by atomic mass is 10.2. The van der Waals surface area contributed by atoms with Crippen LogP contribution in [0.25, 0.3) is 0 Å². The summed E-state index contributed by atoms with van der Waals surface area (Å²) in [4.78, 5) is 20.4. The first-order valence-electron chi connectivity index (χ1n) is 10.2. The van der Waals surface area contributed by atoms with E-state index in [0.29, 0.717) is 12.5 Å². The maximum absolute atomic E-state index is 13.7. The van der Waals surface area contributed by atoms with Gasteiger partial charge in [0, 0.05) is 34.2 Å². The number of ether oxygens (including phenoxy) is 1. The van der Waals surface area contributed by atoms with Crippen LogP contribution in [0.3, 0.4) is 0 Å². The van der Waals surface area contributed by atoms with Crippen LogP contribution in [0, 0.1) is 5.82 Å². The minimum Gasteiger partial charge on any atom is -0.486 e. The van der Waals surface area contributed by atoms with E-state index in [2.05, 4.69) is 20.5 Å². The lowest BCUT2D eigenvalue weighted by Gasteiger charge is -2.26. The van der Waals surface area contributed by atoms with Gasteiger partial charge in [-0.2, -0.15) is 0 Å². The molecule has 0 spiro atoms. The van der Waals surface area contributed by atoms with Crippen molar-refractivity contribution in [2.24, 2.45) is 4.99 Å². The first kappa shape index (κ1) is 26.4. The summed E-state index contributed by atoms with van der Waals surface area (Å²) in [5, 5.41) is 6.47. The SMILES string of the molecule is CN=C(NCCCN1CCCC1C(=O)N(C)C)NCC(C)Oc1ccccc1F.I. The molecule has 2 rings (SSSR count). The second-order valence-corrected chi connectivity index (χ2v) is 7.52. The minimum atomic E-state index is -0.366. The Balaban J connectivity index is 0.00000450. The van der Waals surface area contributed by atoms with Gasteiger partial charge in [0.2, 0.25) is 5.91 Å². The highest BCUT2D eigenvalue weighted by atomic mass is 127. The number of likely N-dealkylation sites (N-methyl/N-ethyl adjacent to an activating group) is 1. The Kier molecular flexibility index (Phi) is 12.0. The van der Waals surface area contributed by atoms with Crippen molar-refractivity contribution >= 4 is 35.8 Å². The van der Waals surface area contributed by atoms with Crippen LogP contribution < -0.4 is 15.4 Å². The summed E-state index contributed by atoms with van der Waals surface area (Å²) in [7, 11) is 5.34. The predicted octanol–water partition coefficient (Wildman–Crippen LogP) is 2.32. The molecule has 9 heteroatoms. The van der Waals surface area contributed by atoms with E-state index in [9.17, 15) is 9.18 Å². The molecule has 0 bridgehead atoms. The maximum Gasteiger partial charge on any atom is 0.239 e. The summed E-state index contributed by atoms with van der Waals surface area (Å²) < 4.78 is 19.3. The second-order valence-electron chi connectivity index (χ2n) is 7.52. The number of hydrogen-bond donors (Lipinski definition) is 2. The van der Waals surface area contributed by atoms with Crippen LogP contribution in [0.1, 0.15) is 26.2 Å². The van der Waals surface area contributed by atoms with E-state index in [1.165, 1.54) is 6.07 Å². The van der Waals surface area contributed by atoms with Crippen molar-refractivity contribution in [3.05, 3.63) is 30.1 Å². The molecule has 0 aromatic heterocycles. The van der Waals surface area contributed by atoms with E-state index in [-0.39, 0.29) is 53.6 Å². The molecule has 30 heavy (non-hydrogen) atoms. The molecular formula is C21H35FIN5O2. The average Bonchev–Trinajstić information content (AvgIpc) is 3.17. The normalized spacial score (nSPS) is 17.8. The summed E-state index contributed by atoms with van der Waals surface area (Å²) in [6, 6.07) is 6.39. The van der Waals surface area contributed by atoms with Crippen LogP contribution in [-0.2, 0) is 4.79 Å². The van der Waals surface area contributed by atoms with Crippen molar-refractivity contribution in [1.29, 1.82) is 0 Å². The molecule has 1 aromatic rings. The van der Waals surface area contributed by atoms with Crippen molar-refractivity contribution in [2.45, 2.75) is 38.3 Å². The Labute approximate surface area is 196 Å². The van der Waals surface area contributed by atoms with E-state index in [1.807, 2.05) is 21.0 Å². The number of aliphatic imine (C=N–C) groups is 1. The predicted molar refractivity (Wildman–Crippen MR) is 129 cm³/mol. The third kappa shape index (κ3) is 8.25. The summed E-state index contributed by atoms with van der Waals surface area (Å²) >= 11 is 0. The maximum atomic E-state index is 13.7. The summed E-state index contributed by atoms with van der Waals surface area (Å²) in [6.45, 7) is 4.98. The zero-order chi connectivity index (χ0) is 21.2. The highest BCUT2D eigenvalue weighted by Gasteiger charge is 2.30. The molecule has 1 aromatic carbocycles. The van der Waals surface area contributed by atoms with Gasteiger partial charge in [-0.25, -0.2) is 4.39 Å². The van der Waals surface area contributed by atoms with Gasteiger partial charge in [0.25, 0.3) is 0 Å². The molecule has 2 atom stereocenters. The monoisotopic (exact) mass is 535 g/mol. The number of rotatable bonds is 9. The van der Waals surface area contributed by atoms with Crippen molar-refractivity contribution < 1.29 is 13.9 Å². The fourth-order valence-corrected chi connectivity index (χ4v) is 3.42. The molecule has 1 amide bonds. The quantitative estimate of drug-likeness (QED) is 0.220. The molecule has 0 radical (unpaired) electrons. The Hall–Kier alpha value is -1.62. The number of benzene rings is 1. The van der Waals surface area contributed by atoms with Gasteiger partial charge in [0.15, 0.2) is 17.5 Å². The number of nitrogens with one attached hydrogen (secondary N) is 2. The number of carbonyl (C=O) groups is 1. The van der Waals surface area contributed by atoms with Crippen LogP contribution in [0.2, 0.25) is 0 Å². The lowest BCUT2D eigenvalue weighted by Crippen LogP contribution is -2.44. The molecule has 0 aliphatic carbocycles. The van der Waals surface area contributed by atoms with Gasteiger partial charge in [-0.1, -0.05) is 12.1 Å².